The summed E-state index contributed by atoms with van der Waals surface area (Å²) in [6.07, 6.45) is 1.75. The van der Waals surface area contributed by atoms with E-state index >= 15 is 0 Å². The van der Waals surface area contributed by atoms with Gasteiger partial charge in [0.25, 0.3) is 0 Å². The third-order valence-corrected chi connectivity index (χ3v) is 3.96. The van der Waals surface area contributed by atoms with Gasteiger partial charge < -0.3 is 4.74 Å². The molecule has 0 bridgehead atoms. The zero-order valence-electron chi connectivity index (χ0n) is 9.36. The Labute approximate surface area is 105 Å². The Morgan fingerprint density at radius 2 is 2.06 bits per heavy atom. The van der Waals surface area contributed by atoms with E-state index in [1.807, 2.05) is 25.1 Å². The van der Waals surface area contributed by atoms with Crippen molar-refractivity contribution in [3.05, 3.63) is 28.2 Å². The molecule has 1 aromatic rings. The number of benzene rings is 1. The Morgan fingerprint density at radius 3 is 2.62 bits per heavy atom. The second kappa shape index (κ2) is 5.68. The number of ether oxygens (including phenoxy) is 1. The molecule has 90 valence electrons. The van der Waals surface area contributed by atoms with Crippen molar-refractivity contribution in [2.75, 3.05) is 18.6 Å². The highest BCUT2D eigenvalue weighted by atomic mass is 79.9. The van der Waals surface area contributed by atoms with E-state index in [0.29, 0.717) is 13.0 Å². The van der Waals surface area contributed by atoms with E-state index < -0.39 is 9.84 Å². The molecular formula is C11H15BrO3S. The maximum absolute atomic E-state index is 10.9. The molecule has 0 N–H and O–H groups in total. The van der Waals surface area contributed by atoms with E-state index in [4.69, 9.17) is 4.74 Å². The van der Waals surface area contributed by atoms with Crippen molar-refractivity contribution in [2.45, 2.75) is 13.3 Å². The van der Waals surface area contributed by atoms with Gasteiger partial charge in [-0.3, -0.25) is 0 Å². The summed E-state index contributed by atoms with van der Waals surface area (Å²) in [4.78, 5) is 0. The molecule has 0 aromatic heterocycles. The zero-order chi connectivity index (χ0) is 12.2. The number of hydrogen-bond acceptors (Lipinski definition) is 3. The first-order valence-corrected chi connectivity index (χ1v) is 7.80. The SMILES string of the molecule is Cc1ccc(OCCCS(C)(=O)=O)cc1Br. The molecule has 0 saturated heterocycles. The number of sulfone groups is 1. The van der Waals surface area contributed by atoms with E-state index in [9.17, 15) is 8.42 Å². The van der Waals surface area contributed by atoms with Gasteiger partial charge >= 0.3 is 0 Å². The Balaban J connectivity index is 2.41. The summed E-state index contributed by atoms with van der Waals surface area (Å²) in [5, 5.41) is 0. The lowest BCUT2D eigenvalue weighted by molar-refractivity contribution is 0.317. The standard InChI is InChI=1S/C11H15BrO3S/c1-9-4-5-10(8-11(9)12)15-6-3-7-16(2,13)14/h4-5,8H,3,6-7H2,1-2H3. The summed E-state index contributed by atoms with van der Waals surface area (Å²) in [6, 6.07) is 5.71. The summed E-state index contributed by atoms with van der Waals surface area (Å²) in [6.45, 7) is 2.42. The molecule has 5 heteroatoms. The molecular weight excluding hydrogens is 292 g/mol. The van der Waals surface area contributed by atoms with Crippen LogP contribution in [-0.4, -0.2) is 27.0 Å². The smallest absolute Gasteiger partial charge is 0.147 e. The summed E-state index contributed by atoms with van der Waals surface area (Å²) in [5.41, 5.74) is 1.14. The molecule has 0 atom stereocenters. The average Bonchev–Trinajstić information content (AvgIpc) is 2.17. The summed E-state index contributed by atoms with van der Waals surface area (Å²) in [7, 11) is -2.88. The molecule has 0 aliphatic carbocycles. The van der Waals surface area contributed by atoms with Crippen LogP contribution in [0.1, 0.15) is 12.0 Å². The lowest BCUT2D eigenvalue weighted by Crippen LogP contribution is -2.07. The van der Waals surface area contributed by atoms with Gasteiger partial charge in [-0.1, -0.05) is 22.0 Å². The van der Waals surface area contributed by atoms with Crippen molar-refractivity contribution in [1.82, 2.24) is 0 Å². The number of rotatable bonds is 5. The molecule has 0 amide bonds. The van der Waals surface area contributed by atoms with Gasteiger partial charge in [0, 0.05) is 10.7 Å². The van der Waals surface area contributed by atoms with Crippen LogP contribution in [0.3, 0.4) is 0 Å². The third-order valence-electron chi connectivity index (χ3n) is 2.07. The van der Waals surface area contributed by atoms with Gasteiger partial charge in [0.1, 0.15) is 15.6 Å². The molecule has 0 aliphatic heterocycles. The molecule has 0 radical (unpaired) electrons. The molecule has 1 aromatic carbocycles. The Hall–Kier alpha value is -0.550. The Kier molecular flexibility index (Phi) is 4.80. The van der Waals surface area contributed by atoms with Crippen molar-refractivity contribution in [1.29, 1.82) is 0 Å². The van der Waals surface area contributed by atoms with Gasteiger partial charge in [-0.05, 0) is 31.0 Å². The van der Waals surface area contributed by atoms with Crippen LogP contribution >= 0.6 is 15.9 Å². The highest BCUT2D eigenvalue weighted by Crippen LogP contribution is 2.22. The average molecular weight is 307 g/mol. The topological polar surface area (TPSA) is 43.4 Å². The van der Waals surface area contributed by atoms with Gasteiger partial charge in [0.05, 0.1) is 12.4 Å². The highest BCUT2D eigenvalue weighted by Gasteiger charge is 2.02. The molecule has 0 aliphatic rings. The first-order valence-electron chi connectivity index (χ1n) is 4.95. The van der Waals surface area contributed by atoms with Gasteiger partial charge in [-0.2, -0.15) is 0 Å². The molecule has 0 fully saturated rings. The first kappa shape index (κ1) is 13.5. The van der Waals surface area contributed by atoms with Crippen LogP contribution in [-0.2, 0) is 9.84 Å². The van der Waals surface area contributed by atoms with E-state index in [1.54, 1.807) is 0 Å². The van der Waals surface area contributed by atoms with E-state index in [-0.39, 0.29) is 5.75 Å². The fourth-order valence-corrected chi connectivity index (χ4v) is 2.17. The molecule has 0 spiro atoms. The predicted octanol–water partition coefficient (Wildman–Crippen LogP) is 2.57. The maximum atomic E-state index is 10.9. The predicted molar refractivity (Wildman–Crippen MR) is 68.7 cm³/mol. The monoisotopic (exact) mass is 306 g/mol. The van der Waals surface area contributed by atoms with Crippen LogP contribution in [0.4, 0.5) is 0 Å². The fourth-order valence-electron chi connectivity index (χ4n) is 1.17. The molecule has 0 saturated carbocycles. The van der Waals surface area contributed by atoms with Crippen molar-refractivity contribution in [3.63, 3.8) is 0 Å². The number of halogens is 1. The largest absolute Gasteiger partial charge is 0.494 e. The molecule has 16 heavy (non-hydrogen) atoms. The minimum atomic E-state index is -2.88. The number of hydrogen-bond donors (Lipinski definition) is 0. The Bertz CT molecular complexity index is 454. The zero-order valence-corrected chi connectivity index (χ0v) is 11.8. The summed E-state index contributed by atoms with van der Waals surface area (Å²) >= 11 is 3.41. The second-order valence-electron chi connectivity index (χ2n) is 3.74. The molecule has 3 nitrogen and oxygen atoms in total. The van der Waals surface area contributed by atoms with Crippen molar-refractivity contribution in [2.24, 2.45) is 0 Å². The molecule has 1 rings (SSSR count). The molecule has 0 unspecified atom stereocenters. The van der Waals surface area contributed by atoms with Crippen molar-refractivity contribution >= 4 is 25.8 Å². The molecule has 0 heterocycles. The van der Waals surface area contributed by atoms with Crippen LogP contribution in [0.5, 0.6) is 5.75 Å². The van der Waals surface area contributed by atoms with Gasteiger partial charge in [-0.25, -0.2) is 8.42 Å². The van der Waals surface area contributed by atoms with Crippen LogP contribution in [0.2, 0.25) is 0 Å². The Morgan fingerprint density at radius 1 is 1.38 bits per heavy atom. The lowest BCUT2D eigenvalue weighted by Gasteiger charge is -2.07. The van der Waals surface area contributed by atoms with Crippen molar-refractivity contribution < 1.29 is 13.2 Å². The van der Waals surface area contributed by atoms with Crippen molar-refractivity contribution in [3.8, 4) is 5.75 Å². The third kappa shape index (κ3) is 4.99. The fraction of sp³-hybridized carbons (Fsp3) is 0.455. The van der Waals surface area contributed by atoms with E-state index in [2.05, 4.69) is 15.9 Å². The number of aryl methyl sites for hydroxylation is 1. The normalized spacial score (nSPS) is 11.4. The van der Waals surface area contributed by atoms with Gasteiger partial charge in [0.15, 0.2) is 0 Å². The van der Waals surface area contributed by atoms with Crippen LogP contribution in [0, 0.1) is 6.92 Å². The highest BCUT2D eigenvalue weighted by molar-refractivity contribution is 9.10. The van der Waals surface area contributed by atoms with Crippen LogP contribution < -0.4 is 4.74 Å². The minimum Gasteiger partial charge on any atom is -0.494 e. The summed E-state index contributed by atoms with van der Waals surface area (Å²) in [5.74, 6) is 0.922. The van der Waals surface area contributed by atoms with Crippen LogP contribution in [0.25, 0.3) is 0 Å². The van der Waals surface area contributed by atoms with Gasteiger partial charge in [0.2, 0.25) is 0 Å². The second-order valence-corrected chi connectivity index (χ2v) is 6.86. The van der Waals surface area contributed by atoms with Gasteiger partial charge in [-0.15, -0.1) is 0 Å². The summed E-state index contributed by atoms with van der Waals surface area (Å²) < 4.78 is 28.2. The quantitative estimate of drug-likeness (QED) is 0.785. The lowest BCUT2D eigenvalue weighted by atomic mass is 10.2. The van der Waals surface area contributed by atoms with E-state index in [0.717, 1.165) is 15.8 Å². The van der Waals surface area contributed by atoms with E-state index in [1.165, 1.54) is 6.26 Å². The maximum Gasteiger partial charge on any atom is 0.147 e. The van der Waals surface area contributed by atoms with Crippen LogP contribution in [0.15, 0.2) is 22.7 Å². The first-order chi connectivity index (χ1) is 7.38. The minimum absolute atomic E-state index is 0.167.